The molecular weight excluding hydrogens is 280 g/mol. The molecule has 0 N–H and O–H groups in total. The van der Waals surface area contributed by atoms with E-state index in [1.165, 1.54) is 4.90 Å². The zero-order valence-electron chi connectivity index (χ0n) is 13.3. The van der Waals surface area contributed by atoms with Crippen molar-refractivity contribution in [3.63, 3.8) is 0 Å². The van der Waals surface area contributed by atoms with E-state index < -0.39 is 5.97 Å². The molecule has 22 heavy (non-hydrogen) atoms. The minimum absolute atomic E-state index is 0.0681. The lowest BCUT2D eigenvalue weighted by Gasteiger charge is -2.17. The Balaban J connectivity index is 2.38. The highest BCUT2D eigenvalue weighted by Gasteiger charge is 2.18. The number of hydrogen-bond acceptors (Lipinski definition) is 4. The zero-order valence-corrected chi connectivity index (χ0v) is 13.3. The number of rotatable bonds is 4. The minimum atomic E-state index is -0.412. The number of ether oxygens (including phenoxy) is 1. The van der Waals surface area contributed by atoms with Crippen LogP contribution in [0.15, 0.2) is 24.3 Å². The Kier molecular flexibility index (Phi) is 4.75. The van der Waals surface area contributed by atoms with Gasteiger partial charge in [-0.25, -0.2) is 0 Å². The summed E-state index contributed by atoms with van der Waals surface area (Å²) in [7, 11) is 1.59. The maximum Gasteiger partial charge on any atom is 0.325 e. The van der Waals surface area contributed by atoms with Gasteiger partial charge in [0.15, 0.2) is 0 Å². The Bertz CT molecular complexity index is 725. The fraction of sp³-hybridized carbons (Fsp3) is 0.353. The Morgan fingerprint density at radius 3 is 2.64 bits per heavy atom. The molecule has 0 unspecified atom stereocenters. The molecule has 5 heteroatoms. The molecule has 1 aromatic carbocycles. The monoisotopic (exact) mass is 300 g/mol. The molecule has 1 heterocycles. The van der Waals surface area contributed by atoms with Crippen molar-refractivity contribution in [2.24, 2.45) is 0 Å². The summed E-state index contributed by atoms with van der Waals surface area (Å²) >= 11 is 0. The van der Waals surface area contributed by atoms with Gasteiger partial charge in [-0.2, -0.15) is 0 Å². The molecule has 0 aliphatic heterocycles. The Hall–Kier alpha value is -2.43. The normalized spacial score (nSPS) is 10.5. The lowest BCUT2D eigenvalue weighted by molar-refractivity contribution is -0.143. The average Bonchev–Trinajstić information content (AvgIpc) is 2.46. The first-order valence-corrected chi connectivity index (χ1v) is 7.21. The molecule has 0 fully saturated rings. The van der Waals surface area contributed by atoms with Crippen LogP contribution in [0, 0.1) is 13.8 Å². The number of esters is 1. The molecule has 2 aromatic rings. The predicted octanol–water partition coefficient (Wildman–Crippen LogP) is 2.49. The van der Waals surface area contributed by atoms with E-state index in [4.69, 9.17) is 4.74 Å². The van der Waals surface area contributed by atoms with Gasteiger partial charge in [0.2, 0.25) is 0 Å². The number of pyridine rings is 1. The second kappa shape index (κ2) is 6.56. The molecule has 1 aromatic heterocycles. The zero-order chi connectivity index (χ0) is 16.3. The van der Waals surface area contributed by atoms with Crippen LogP contribution in [0.1, 0.15) is 28.5 Å². The highest BCUT2D eigenvalue weighted by Crippen LogP contribution is 2.21. The summed E-state index contributed by atoms with van der Waals surface area (Å²) in [5.41, 5.74) is 3.15. The largest absolute Gasteiger partial charge is 0.465 e. The summed E-state index contributed by atoms with van der Waals surface area (Å²) in [6.07, 6.45) is 0. The lowest BCUT2D eigenvalue weighted by Crippen LogP contribution is -2.33. The van der Waals surface area contributed by atoms with E-state index >= 15 is 0 Å². The number of aromatic nitrogens is 1. The van der Waals surface area contributed by atoms with Crippen LogP contribution in [0.3, 0.4) is 0 Å². The van der Waals surface area contributed by atoms with Gasteiger partial charge in [0.25, 0.3) is 5.91 Å². The van der Waals surface area contributed by atoms with E-state index in [1.54, 1.807) is 20.0 Å². The quantitative estimate of drug-likeness (QED) is 0.814. The van der Waals surface area contributed by atoms with Gasteiger partial charge < -0.3 is 9.64 Å². The molecule has 0 saturated carbocycles. The number of amides is 1. The number of nitrogens with zero attached hydrogens (tertiary/aromatic N) is 2. The summed E-state index contributed by atoms with van der Waals surface area (Å²) in [6, 6.07) is 7.56. The molecule has 0 aliphatic rings. The third kappa shape index (κ3) is 3.42. The maximum atomic E-state index is 12.7. The van der Waals surface area contributed by atoms with Crippen molar-refractivity contribution in [2.75, 3.05) is 20.2 Å². The topological polar surface area (TPSA) is 59.5 Å². The highest BCUT2D eigenvalue weighted by molar-refractivity contribution is 6.07. The van der Waals surface area contributed by atoms with Crippen molar-refractivity contribution < 1.29 is 14.3 Å². The number of hydrogen-bond donors (Lipinski definition) is 0. The number of carbonyl (C=O) groups excluding carboxylic acids is 2. The molecule has 1 amide bonds. The molecule has 2 rings (SSSR count). The summed E-state index contributed by atoms with van der Waals surface area (Å²) in [5, 5.41) is 0.798. The van der Waals surface area contributed by atoms with Crippen molar-refractivity contribution in [3.05, 3.63) is 41.1 Å². The van der Waals surface area contributed by atoms with Crippen molar-refractivity contribution >= 4 is 22.8 Å². The lowest BCUT2D eigenvalue weighted by atomic mass is 10.0. The third-order valence-corrected chi connectivity index (χ3v) is 3.34. The number of benzene rings is 1. The van der Waals surface area contributed by atoms with E-state index in [0.717, 1.165) is 22.2 Å². The molecular formula is C17H20N2O3. The minimum Gasteiger partial charge on any atom is -0.465 e. The van der Waals surface area contributed by atoms with E-state index in [2.05, 4.69) is 4.98 Å². The van der Waals surface area contributed by atoms with Crippen molar-refractivity contribution in [3.8, 4) is 0 Å². The molecule has 0 spiro atoms. The van der Waals surface area contributed by atoms with Crippen LogP contribution in [-0.4, -0.2) is 42.0 Å². The van der Waals surface area contributed by atoms with Gasteiger partial charge in [0, 0.05) is 18.1 Å². The first-order chi connectivity index (χ1) is 10.4. The summed E-state index contributed by atoms with van der Waals surface area (Å²) < 4.78 is 4.88. The summed E-state index contributed by atoms with van der Waals surface area (Å²) in [4.78, 5) is 30.0. The number of aryl methyl sites for hydroxylation is 2. The molecule has 0 saturated heterocycles. The highest BCUT2D eigenvalue weighted by atomic mass is 16.5. The Morgan fingerprint density at radius 2 is 1.95 bits per heavy atom. The number of likely N-dealkylation sites (N-methyl/N-ethyl adjacent to an activating group) is 1. The van der Waals surface area contributed by atoms with Crippen LogP contribution in [0.4, 0.5) is 0 Å². The molecule has 0 atom stereocenters. The van der Waals surface area contributed by atoms with Gasteiger partial charge >= 0.3 is 5.97 Å². The van der Waals surface area contributed by atoms with E-state index in [0.29, 0.717) is 12.2 Å². The van der Waals surface area contributed by atoms with Gasteiger partial charge in [-0.05, 0) is 39.0 Å². The molecule has 0 aliphatic carbocycles. The van der Waals surface area contributed by atoms with Gasteiger partial charge in [-0.15, -0.1) is 0 Å². The van der Waals surface area contributed by atoms with Gasteiger partial charge in [-0.1, -0.05) is 11.6 Å². The first-order valence-electron chi connectivity index (χ1n) is 7.21. The van der Waals surface area contributed by atoms with Crippen LogP contribution >= 0.6 is 0 Å². The first kappa shape index (κ1) is 15.9. The molecule has 0 radical (unpaired) electrons. The third-order valence-electron chi connectivity index (χ3n) is 3.34. The van der Waals surface area contributed by atoms with Crippen molar-refractivity contribution in [1.82, 2.24) is 9.88 Å². The standard InChI is InChI=1S/C17H20N2O3/c1-5-22-16(20)10-19(4)17(21)14-9-12(3)18-15-7-6-11(2)8-13(14)15/h6-9H,5,10H2,1-4H3. The SMILES string of the molecule is CCOC(=O)CN(C)C(=O)c1cc(C)nc2ccc(C)cc12. The molecule has 116 valence electrons. The van der Waals surface area contributed by atoms with Gasteiger partial charge in [0.1, 0.15) is 6.54 Å². The smallest absolute Gasteiger partial charge is 0.325 e. The van der Waals surface area contributed by atoms with Crippen molar-refractivity contribution in [1.29, 1.82) is 0 Å². The number of carbonyl (C=O) groups is 2. The second-order valence-corrected chi connectivity index (χ2v) is 5.30. The second-order valence-electron chi connectivity index (χ2n) is 5.30. The Labute approximate surface area is 129 Å². The number of fused-ring (bicyclic) bond motifs is 1. The maximum absolute atomic E-state index is 12.7. The van der Waals surface area contributed by atoms with E-state index in [-0.39, 0.29) is 12.5 Å². The van der Waals surface area contributed by atoms with Crippen LogP contribution < -0.4 is 0 Å². The molecule has 5 nitrogen and oxygen atoms in total. The van der Waals surface area contributed by atoms with Crippen LogP contribution in [0.25, 0.3) is 10.9 Å². The van der Waals surface area contributed by atoms with Crippen LogP contribution in [0.2, 0.25) is 0 Å². The summed E-state index contributed by atoms with van der Waals surface area (Å²) in [6.45, 7) is 5.79. The van der Waals surface area contributed by atoms with Crippen molar-refractivity contribution in [2.45, 2.75) is 20.8 Å². The average molecular weight is 300 g/mol. The van der Waals surface area contributed by atoms with E-state index in [1.807, 2.05) is 32.0 Å². The predicted molar refractivity (Wildman–Crippen MR) is 84.8 cm³/mol. The Morgan fingerprint density at radius 1 is 1.23 bits per heavy atom. The fourth-order valence-electron chi connectivity index (χ4n) is 2.33. The van der Waals surface area contributed by atoms with Crippen LogP contribution in [0.5, 0.6) is 0 Å². The van der Waals surface area contributed by atoms with Crippen LogP contribution in [-0.2, 0) is 9.53 Å². The van der Waals surface area contributed by atoms with Gasteiger partial charge in [-0.3, -0.25) is 14.6 Å². The van der Waals surface area contributed by atoms with E-state index in [9.17, 15) is 9.59 Å². The van der Waals surface area contributed by atoms with Gasteiger partial charge in [0.05, 0.1) is 17.7 Å². The fourth-order valence-corrected chi connectivity index (χ4v) is 2.33. The molecule has 0 bridgehead atoms. The summed E-state index contributed by atoms with van der Waals surface area (Å²) in [5.74, 6) is -0.626.